The molecule has 3 nitrogen and oxygen atoms in total. The van der Waals surface area contributed by atoms with Gasteiger partial charge in [0.2, 0.25) is 0 Å². The van der Waals surface area contributed by atoms with Gasteiger partial charge in [-0.05, 0) is 38.8 Å². The third-order valence-electron chi connectivity index (χ3n) is 3.69. The summed E-state index contributed by atoms with van der Waals surface area (Å²) in [5.41, 5.74) is -0.579. The van der Waals surface area contributed by atoms with Gasteiger partial charge in [-0.2, -0.15) is 0 Å². The zero-order valence-corrected chi connectivity index (χ0v) is 10.7. The first-order chi connectivity index (χ1) is 7.67. The van der Waals surface area contributed by atoms with Crippen LogP contribution >= 0.6 is 0 Å². The maximum absolute atomic E-state index is 11.7. The molecule has 1 rings (SSSR count). The summed E-state index contributed by atoms with van der Waals surface area (Å²) in [6.45, 7) is 6.09. The summed E-state index contributed by atoms with van der Waals surface area (Å²) in [7, 11) is 0. The lowest BCUT2D eigenvalue weighted by atomic mass is 9.85. The SMILES string of the molecule is CCCC(CCC)(C(=O)O)N1CCCCC1. The zero-order chi connectivity index (χ0) is 12.0. The Morgan fingerprint density at radius 1 is 1.12 bits per heavy atom. The second-order valence-electron chi connectivity index (χ2n) is 4.88. The van der Waals surface area contributed by atoms with Crippen molar-refractivity contribution in [2.24, 2.45) is 0 Å². The van der Waals surface area contributed by atoms with Gasteiger partial charge >= 0.3 is 5.97 Å². The summed E-state index contributed by atoms with van der Waals surface area (Å²) in [4.78, 5) is 13.9. The fraction of sp³-hybridized carbons (Fsp3) is 0.923. The quantitative estimate of drug-likeness (QED) is 0.758. The van der Waals surface area contributed by atoms with Gasteiger partial charge in [0.25, 0.3) is 0 Å². The molecule has 1 aliphatic heterocycles. The lowest BCUT2D eigenvalue weighted by Gasteiger charge is -2.42. The second-order valence-corrected chi connectivity index (χ2v) is 4.88. The summed E-state index contributed by atoms with van der Waals surface area (Å²) in [5, 5.41) is 9.60. The molecule has 3 heteroatoms. The molecule has 1 N–H and O–H groups in total. The molecule has 0 spiro atoms. The van der Waals surface area contributed by atoms with Crippen molar-refractivity contribution in [3.05, 3.63) is 0 Å². The Labute approximate surface area is 98.8 Å². The van der Waals surface area contributed by atoms with Crippen LogP contribution < -0.4 is 0 Å². The summed E-state index contributed by atoms with van der Waals surface area (Å²) in [6.07, 6.45) is 7.04. The van der Waals surface area contributed by atoms with Gasteiger partial charge in [-0.15, -0.1) is 0 Å². The van der Waals surface area contributed by atoms with Crippen molar-refractivity contribution in [1.82, 2.24) is 4.90 Å². The Hall–Kier alpha value is -0.570. The average molecular weight is 227 g/mol. The summed E-state index contributed by atoms with van der Waals surface area (Å²) in [6, 6.07) is 0. The normalized spacial score (nSPS) is 18.6. The number of hydrogen-bond donors (Lipinski definition) is 1. The van der Waals surface area contributed by atoms with E-state index in [0.717, 1.165) is 51.6 Å². The van der Waals surface area contributed by atoms with Crippen LogP contribution in [0, 0.1) is 0 Å². The van der Waals surface area contributed by atoms with E-state index in [1.54, 1.807) is 0 Å². The third-order valence-corrected chi connectivity index (χ3v) is 3.69. The fourth-order valence-corrected chi connectivity index (χ4v) is 2.94. The highest BCUT2D eigenvalue weighted by atomic mass is 16.4. The van der Waals surface area contributed by atoms with E-state index in [4.69, 9.17) is 0 Å². The van der Waals surface area contributed by atoms with Gasteiger partial charge < -0.3 is 5.11 Å². The standard InChI is InChI=1S/C13H25NO2/c1-3-8-13(9-4-2,12(15)16)14-10-6-5-7-11-14/h3-11H2,1-2H3,(H,15,16). The first-order valence-electron chi connectivity index (χ1n) is 6.66. The third kappa shape index (κ3) is 2.76. The van der Waals surface area contributed by atoms with Crippen LogP contribution in [0.3, 0.4) is 0 Å². The van der Waals surface area contributed by atoms with E-state index >= 15 is 0 Å². The number of rotatable bonds is 6. The molecule has 0 unspecified atom stereocenters. The van der Waals surface area contributed by atoms with Gasteiger partial charge in [0.15, 0.2) is 0 Å². The zero-order valence-electron chi connectivity index (χ0n) is 10.7. The lowest BCUT2D eigenvalue weighted by molar-refractivity contribution is -0.154. The number of nitrogens with zero attached hydrogens (tertiary/aromatic N) is 1. The monoisotopic (exact) mass is 227 g/mol. The van der Waals surface area contributed by atoms with E-state index in [9.17, 15) is 9.90 Å². The van der Waals surface area contributed by atoms with Crippen molar-refractivity contribution in [3.8, 4) is 0 Å². The minimum Gasteiger partial charge on any atom is -0.480 e. The maximum atomic E-state index is 11.7. The molecule has 1 heterocycles. The molecule has 0 saturated carbocycles. The van der Waals surface area contributed by atoms with Gasteiger partial charge in [-0.3, -0.25) is 9.69 Å². The molecule has 94 valence electrons. The van der Waals surface area contributed by atoms with Crippen molar-refractivity contribution < 1.29 is 9.90 Å². The highest BCUT2D eigenvalue weighted by Gasteiger charge is 2.42. The van der Waals surface area contributed by atoms with Crippen molar-refractivity contribution >= 4 is 5.97 Å². The van der Waals surface area contributed by atoms with Gasteiger partial charge in [0.05, 0.1) is 0 Å². The van der Waals surface area contributed by atoms with Crippen LogP contribution in [0.25, 0.3) is 0 Å². The van der Waals surface area contributed by atoms with E-state index in [1.807, 2.05) is 0 Å². The Morgan fingerprint density at radius 2 is 1.62 bits per heavy atom. The molecule has 0 radical (unpaired) electrons. The van der Waals surface area contributed by atoms with E-state index in [2.05, 4.69) is 18.7 Å². The van der Waals surface area contributed by atoms with Crippen molar-refractivity contribution in [2.45, 2.75) is 64.3 Å². The molecule has 16 heavy (non-hydrogen) atoms. The predicted octanol–water partition coefficient (Wildman–Crippen LogP) is 2.90. The first kappa shape index (κ1) is 13.5. The topological polar surface area (TPSA) is 40.5 Å². The average Bonchev–Trinajstić information content (AvgIpc) is 2.29. The molecular formula is C13H25NO2. The molecule has 0 atom stereocenters. The van der Waals surface area contributed by atoms with Crippen LogP contribution in [0.1, 0.15) is 58.8 Å². The molecular weight excluding hydrogens is 202 g/mol. The highest BCUT2D eigenvalue weighted by molar-refractivity contribution is 5.78. The predicted molar refractivity (Wildman–Crippen MR) is 65.6 cm³/mol. The van der Waals surface area contributed by atoms with Gasteiger partial charge in [0.1, 0.15) is 5.54 Å². The minimum atomic E-state index is -0.613. The van der Waals surface area contributed by atoms with Crippen molar-refractivity contribution in [1.29, 1.82) is 0 Å². The van der Waals surface area contributed by atoms with E-state index in [1.165, 1.54) is 6.42 Å². The first-order valence-corrected chi connectivity index (χ1v) is 6.66. The van der Waals surface area contributed by atoms with Crippen LogP contribution in [-0.2, 0) is 4.79 Å². The van der Waals surface area contributed by atoms with E-state index in [-0.39, 0.29) is 0 Å². The lowest BCUT2D eigenvalue weighted by Crippen LogP contribution is -2.56. The van der Waals surface area contributed by atoms with E-state index in [0.29, 0.717) is 0 Å². The minimum absolute atomic E-state index is 0.579. The maximum Gasteiger partial charge on any atom is 0.324 e. The van der Waals surface area contributed by atoms with Crippen LogP contribution in [0.4, 0.5) is 0 Å². The van der Waals surface area contributed by atoms with Gasteiger partial charge in [-0.25, -0.2) is 0 Å². The summed E-state index contributed by atoms with van der Waals surface area (Å²) >= 11 is 0. The number of aliphatic carboxylic acids is 1. The Kier molecular flexibility index (Phi) is 5.26. The number of carboxylic acids is 1. The molecule has 0 aromatic heterocycles. The molecule has 1 aliphatic rings. The summed E-state index contributed by atoms with van der Waals surface area (Å²) in [5.74, 6) is -0.613. The van der Waals surface area contributed by atoms with E-state index < -0.39 is 11.5 Å². The van der Waals surface area contributed by atoms with Crippen LogP contribution in [0.5, 0.6) is 0 Å². The smallest absolute Gasteiger partial charge is 0.324 e. The Balaban J connectivity index is 2.84. The molecule has 0 amide bonds. The molecule has 1 saturated heterocycles. The molecule has 1 fully saturated rings. The fourth-order valence-electron chi connectivity index (χ4n) is 2.94. The highest BCUT2D eigenvalue weighted by Crippen LogP contribution is 2.30. The summed E-state index contributed by atoms with van der Waals surface area (Å²) < 4.78 is 0. The Morgan fingerprint density at radius 3 is 2.00 bits per heavy atom. The Bertz CT molecular complexity index is 216. The number of likely N-dealkylation sites (tertiary alicyclic amines) is 1. The van der Waals surface area contributed by atoms with Crippen LogP contribution in [0.2, 0.25) is 0 Å². The molecule has 0 bridgehead atoms. The van der Waals surface area contributed by atoms with Gasteiger partial charge in [0, 0.05) is 0 Å². The van der Waals surface area contributed by atoms with Crippen molar-refractivity contribution in [3.63, 3.8) is 0 Å². The van der Waals surface area contributed by atoms with Gasteiger partial charge in [-0.1, -0.05) is 33.1 Å². The number of hydrogen-bond acceptors (Lipinski definition) is 2. The van der Waals surface area contributed by atoms with Crippen LogP contribution in [0.15, 0.2) is 0 Å². The largest absolute Gasteiger partial charge is 0.480 e. The van der Waals surface area contributed by atoms with Crippen LogP contribution in [-0.4, -0.2) is 34.6 Å². The molecule has 0 aromatic rings. The number of carbonyl (C=O) groups is 1. The number of piperidine rings is 1. The second kappa shape index (κ2) is 6.24. The number of carboxylic acid groups (broad SMARTS) is 1. The van der Waals surface area contributed by atoms with Crippen molar-refractivity contribution in [2.75, 3.05) is 13.1 Å². The molecule has 0 aromatic carbocycles. The molecule has 0 aliphatic carbocycles.